The van der Waals surface area contributed by atoms with E-state index in [1.165, 1.54) is 0 Å². The number of hydrogen-bond donors (Lipinski definition) is 4. The molecule has 0 aliphatic carbocycles. The summed E-state index contributed by atoms with van der Waals surface area (Å²) in [5.74, 6) is -0.903. The molecule has 0 bridgehead atoms. The average molecular weight is 307 g/mol. The predicted octanol–water partition coefficient (Wildman–Crippen LogP) is -0.0502. The smallest absolute Gasteiger partial charge is 0.250 e. The second-order valence-corrected chi connectivity index (χ2v) is 5.20. The van der Waals surface area contributed by atoms with E-state index in [-0.39, 0.29) is 12.5 Å². The molecule has 0 saturated heterocycles. The van der Waals surface area contributed by atoms with Crippen LogP contribution in [0.3, 0.4) is 0 Å². The Morgan fingerprint density at radius 1 is 1.23 bits per heavy atom. The first kappa shape index (κ1) is 18.1. The van der Waals surface area contributed by atoms with E-state index in [4.69, 9.17) is 5.73 Å². The Morgan fingerprint density at radius 2 is 1.91 bits per heavy atom. The van der Waals surface area contributed by atoms with Gasteiger partial charge in [0.1, 0.15) is 6.10 Å². The number of nitrogens with two attached hydrogens (primary N) is 1. The highest BCUT2D eigenvalue weighted by Crippen LogP contribution is 2.00. The zero-order valence-corrected chi connectivity index (χ0v) is 12.9. The van der Waals surface area contributed by atoms with Gasteiger partial charge in [0, 0.05) is 12.6 Å². The van der Waals surface area contributed by atoms with Gasteiger partial charge in [0.2, 0.25) is 5.91 Å². The van der Waals surface area contributed by atoms with Crippen molar-refractivity contribution in [3.63, 3.8) is 0 Å². The van der Waals surface area contributed by atoms with Crippen molar-refractivity contribution in [1.29, 1.82) is 0 Å². The van der Waals surface area contributed by atoms with E-state index in [0.29, 0.717) is 13.0 Å². The van der Waals surface area contributed by atoms with Gasteiger partial charge in [-0.05, 0) is 18.4 Å². The van der Waals surface area contributed by atoms with Gasteiger partial charge in [-0.2, -0.15) is 0 Å². The maximum Gasteiger partial charge on any atom is 0.250 e. The number of rotatable bonds is 9. The van der Waals surface area contributed by atoms with Gasteiger partial charge in [-0.15, -0.1) is 0 Å². The van der Waals surface area contributed by atoms with Crippen molar-refractivity contribution < 1.29 is 14.7 Å². The van der Waals surface area contributed by atoms with Crippen LogP contribution >= 0.6 is 0 Å². The molecule has 1 aromatic carbocycles. The Bertz CT molecular complexity index is 465. The van der Waals surface area contributed by atoms with Crippen molar-refractivity contribution in [2.75, 3.05) is 13.1 Å². The molecule has 122 valence electrons. The van der Waals surface area contributed by atoms with E-state index in [1.807, 2.05) is 37.3 Å². The zero-order valence-electron chi connectivity index (χ0n) is 12.9. The van der Waals surface area contributed by atoms with Crippen LogP contribution in [0.25, 0.3) is 0 Å². The quantitative estimate of drug-likeness (QED) is 0.513. The van der Waals surface area contributed by atoms with Crippen LogP contribution in [0.2, 0.25) is 0 Å². The largest absolute Gasteiger partial charge is 0.382 e. The molecule has 22 heavy (non-hydrogen) atoms. The minimum Gasteiger partial charge on any atom is -0.382 e. The minimum absolute atomic E-state index is 0.163. The number of aliphatic hydroxyl groups is 1. The number of carbonyl (C=O) groups excluding carboxylic acids is 2. The lowest BCUT2D eigenvalue weighted by Crippen LogP contribution is -2.48. The lowest BCUT2D eigenvalue weighted by molar-refractivity contribution is -0.132. The lowest BCUT2D eigenvalue weighted by atomic mass is 10.1. The summed E-state index contributed by atoms with van der Waals surface area (Å²) in [5.41, 5.74) is 6.80. The molecule has 6 nitrogen and oxygen atoms in total. The molecule has 0 spiro atoms. The van der Waals surface area contributed by atoms with Crippen molar-refractivity contribution in [3.05, 3.63) is 35.9 Å². The number of aliphatic hydroxyl groups excluding tert-OH is 1. The fraction of sp³-hybridized carbons (Fsp3) is 0.500. The van der Waals surface area contributed by atoms with Gasteiger partial charge in [-0.1, -0.05) is 43.7 Å². The zero-order chi connectivity index (χ0) is 16.4. The highest BCUT2D eigenvalue weighted by molar-refractivity contribution is 5.87. The molecule has 0 aliphatic rings. The van der Waals surface area contributed by atoms with E-state index in [1.54, 1.807) is 0 Å². The van der Waals surface area contributed by atoms with E-state index in [2.05, 4.69) is 10.6 Å². The third kappa shape index (κ3) is 6.69. The summed E-state index contributed by atoms with van der Waals surface area (Å²) < 4.78 is 0. The van der Waals surface area contributed by atoms with Gasteiger partial charge in [0.25, 0.3) is 5.91 Å². The fourth-order valence-electron chi connectivity index (χ4n) is 2.01. The molecule has 1 aromatic rings. The molecule has 6 heteroatoms. The Hall–Kier alpha value is -1.92. The molecular formula is C16H25N3O3. The summed E-state index contributed by atoms with van der Waals surface area (Å²) in [6, 6.07) is 9.19. The van der Waals surface area contributed by atoms with Crippen molar-refractivity contribution in [2.24, 2.45) is 5.73 Å². The molecule has 0 aromatic heterocycles. The second-order valence-electron chi connectivity index (χ2n) is 5.20. The summed E-state index contributed by atoms with van der Waals surface area (Å²) in [6.45, 7) is 2.25. The van der Waals surface area contributed by atoms with Gasteiger partial charge in [-0.25, -0.2) is 0 Å². The van der Waals surface area contributed by atoms with Crippen LogP contribution < -0.4 is 16.4 Å². The molecule has 2 atom stereocenters. The third-order valence-electron chi connectivity index (χ3n) is 3.30. The minimum atomic E-state index is -1.28. The molecule has 2 amide bonds. The summed E-state index contributed by atoms with van der Waals surface area (Å²) in [4.78, 5) is 23.3. The predicted molar refractivity (Wildman–Crippen MR) is 85.1 cm³/mol. The molecule has 0 radical (unpaired) electrons. The first-order chi connectivity index (χ1) is 10.5. The van der Waals surface area contributed by atoms with E-state index in [9.17, 15) is 14.7 Å². The molecule has 0 aliphatic heterocycles. The van der Waals surface area contributed by atoms with Crippen molar-refractivity contribution in [1.82, 2.24) is 10.6 Å². The van der Waals surface area contributed by atoms with E-state index >= 15 is 0 Å². The number of carbonyl (C=O) groups is 2. The summed E-state index contributed by atoms with van der Waals surface area (Å²) in [5, 5.41) is 14.8. The van der Waals surface area contributed by atoms with Crippen LogP contribution in [0, 0.1) is 0 Å². The molecule has 0 heterocycles. The van der Waals surface area contributed by atoms with Crippen LogP contribution in [-0.4, -0.2) is 42.2 Å². The maximum atomic E-state index is 11.6. The Kier molecular flexibility index (Phi) is 8.17. The van der Waals surface area contributed by atoms with Crippen LogP contribution in [0.5, 0.6) is 0 Å². The van der Waals surface area contributed by atoms with Crippen molar-refractivity contribution >= 4 is 11.8 Å². The second kappa shape index (κ2) is 9.92. The Morgan fingerprint density at radius 3 is 2.55 bits per heavy atom. The number of nitrogens with one attached hydrogen (secondary N) is 2. The highest BCUT2D eigenvalue weighted by atomic mass is 16.3. The topological polar surface area (TPSA) is 104 Å². The van der Waals surface area contributed by atoms with Crippen LogP contribution in [-0.2, 0) is 16.0 Å². The van der Waals surface area contributed by atoms with Gasteiger partial charge in [0.05, 0.1) is 6.54 Å². The normalized spacial score (nSPS) is 13.2. The van der Waals surface area contributed by atoms with Crippen molar-refractivity contribution in [3.8, 4) is 0 Å². The van der Waals surface area contributed by atoms with Gasteiger partial charge in [0.15, 0.2) is 0 Å². The summed E-state index contributed by atoms with van der Waals surface area (Å²) in [7, 11) is 0. The standard InChI is InChI=1S/C16H25N3O3/c1-2-6-13(17)15(21)16(22)19-11-14(20)18-10-9-12-7-4-3-5-8-12/h3-5,7-8,13,15,21H,2,6,9-11,17H2,1H3,(H,18,20)(H,19,22)/t13-,15?/m0/s1. The molecule has 1 unspecified atom stereocenters. The third-order valence-corrected chi connectivity index (χ3v) is 3.30. The first-order valence-electron chi connectivity index (χ1n) is 7.56. The van der Waals surface area contributed by atoms with Crippen molar-refractivity contribution in [2.45, 2.75) is 38.3 Å². The van der Waals surface area contributed by atoms with Gasteiger partial charge >= 0.3 is 0 Å². The SMILES string of the molecule is CCC[C@H](N)C(O)C(=O)NCC(=O)NCCc1ccccc1. The fourth-order valence-corrected chi connectivity index (χ4v) is 2.01. The van der Waals surface area contributed by atoms with Crippen LogP contribution in [0.15, 0.2) is 30.3 Å². The number of amides is 2. The molecule has 5 N–H and O–H groups in total. The monoisotopic (exact) mass is 307 g/mol. The number of benzene rings is 1. The van der Waals surface area contributed by atoms with Crippen LogP contribution in [0.1, 0.15) is 25.3 Å². The Balaban J connectivity index is 2.21. The molecule has 0 fully saturated rings. The average Bonchev–Trinajstić information content (AvgIpc) is 2.53. The first-order valence-corrected chi connectivity index (χ1v) is 7.56. The molecular weight excluding hydrogens is 282 g/mol. The number of hydrogen-bond acceptors (Lipinski definition) is 4. The van der Waals surface area contributed by atoms with Gasteiger partial charge in [-0.3, -0.25) is 9.59 Å². The van der Waals surface area contributed by atoms with Gasteiger partial charge < -0.3 is 21.5 Å². The Labute approximate surface area is 131 Å². The summed E-state index contributed by atoms with van der Waals surface area (Å²) in [6.07, 6.45) is 0.783. The summed E-state index contributed by atoms with van der Waals surface area (Å²) >= 11 is 0. The van der Waals surface area contributed by atoms with Crippen LogP contribution in [0.4, 0.5) is 0 Å². The maximum absolute atomic E-state index is 11.6. The van der Waals surface area contributed by atoms with E-state index in [0.717, 1.165) is 18.4 Å². The lowest BCUT2D eigenvalue weighted by Gasteiger charge is -2.17. The molecule has 0 saturated carbocycles. The van der Waals surface area contributed by atoms with E-state index < -0.39 is 18.1 Å². The highest BCUT2D eigenvalue weighted by Gasteiger charge is 2.22. The molecule has 1 rings (SSSR count).